The quantitative estimate of drug-likeness (QED) is 0.786. The summed E-state index contributed by atoms with van der Waals surface area (Å²) in [6.07, 6.45) is 4.15. The van der Waals surface area contributed by atoms with Crippen LogP contribution in [0.15, 0.2) is 24.3 Å². The van der Waals surface area contributed by atoms with Crippen LogP contribution in [0.2, 0.25) is 0 Å². The van der Waals surface area contributed by atoms with Gasteiger partial charge in [0.05, 0.1) is 19.6 Å². The van der Waals surface area contributed by atoms with E-state index in [-0.39, 0.29) is 11.9 Å². The van der Waals surface area contributed by atoms with E-state index in [9.17, 15) is 4.79 Å². The topological polar surface area (TPSA) is 47.6 Å². The molecule has 0 heterocycles. The van der Waals surface area contributed by atoms with Gasteiger partial charge in [0.15, 0.2) is 0 Å². The van der Waals surface area contributed by atoms with Gasteiger partial charge < -0.3 is 14.8 Å². The van der Waals surface area contributed by atoms with Crippen molar-refractivity contribution >= 4 is 5.97 Å². The molecule has 1 fully saturated rings. The zero-order chi connectivity index (χ0) is 15.8. The van der Waals surface area contributed by atoms with Crippen LogP contribution in [0.4, 0.5) is 0 Å². The predicted octanol–water partition coefficient (Wildman–Crippen LogP) is 3.15. The third-order valence-electron chi connectivity index (χ3n) is 4.39. The fourth-order valence-electron chi connectivity index (χ4n) is 3.03. The van der Waals surface area contributed by atoms with Crippen LogP contribution in [-0.2, 0) is 16.1 Å². The van der Waals surface area contributed by atoms with Crippen molar-refractivity contribution in [2.75, 3.05) is 20.3 Å². The zero-order valence-corrected chi connectivity index (χ0v) is 13.6. The molecule has 0 bridgehead atoms. The Balaban J connectivity index is 1.65. The smallest absolute Gasteiger partial charge is 0.308 e. The van der Waals surface area contributed by atoms with Gasteiger partial charge in [0, 0.05) is 6.54 Å². The molecule has 4 heteroatoms. The van der Waals surface area contributed by atoms with Crippen molar-refractivity contribution in [3.05, 3.63) is 29.8 Å². The number of methoxy groups -OCH3 is 1. The minimum Gasteiger partial charge on any atom is -0.497 e. The Hall–Kier alpha value is -1.55. The fourth-order valence-corrected chi connectivity index (χ4v) is 3.03. The number of benzene rings is 1. The molecule has 1 aromatic carbocycles. The van der Waals surface area contributed by atoms with E-state index >= 15 is 0 Å². The summed E-state index contributed by atoms with van der Waals surface area (Å²) in [5.74, 6) is 1.68. The first-order valence-corrected chi connectivity index (χ1v) is 8.23. The predicted molar refractivity (Wildman–Crippen MR) is 86.8 cm³/mol. The highest BCUT2D eigenvalue weighted by Crippen LogP contribution is 2.29. The number of hydrogen-bond acceptors (Lipinski definition) is 4. The molecule has 1 aromatic rings. The maximum Gasteiger partial charge on any atom is 0.308 e. The van der Waals surface area contributed by atoms with Gasteiger partial charge in [0.1, 0.15) is 5.75 Å². The third-order valence-corrected chi connectivity index (χ3v) is 4.39. The molecule has 0 unspecified atom stereocenters. The molecule has 1 saturated carbocycles. The van der Waals surface area contributed by atoms with Gasteiger partial charge in [-0.15, -0.1) is 0 Å². The number of hydrogen-bond donors (Lipinski definition) is 1. The van der Waals surface area contributed by atoms with Crippen molar-refractivity contribution < 1.29 is 14.3 Å². The lowest BCUT2D eigenvalue weighted by Gasteiger charge is -2.27. The van der Waals surface area contributed by atoms with Crippen LogP contribution < -0.4 is 10.1 Å². The van der Waals surface area contributed by atoms with E-state index in [1.807, 2.05) is 19.1 Å². The normalized spacial score (nSPS) is 21.4. The molecule has 0 saturated heterocycles. The van der Waals surface area contributed by atoms with Crippen molar-refractivity contribution in [2.24, 2.45) is 11.8 Å². The van der Waals surface area contributed by atoms with E-state index in [2.05, 4.69) is 17.4 Å². The Morgan fingerprint density at radius 3 is 2.45 bits per heavy atom. The molecule has 22 heavy (non-hydrogen) atoms. The minimum atomic E-state index is -0.00728. The average Bonchev–Trinajstić information content (AvgIpc) is 2.56. The SMILES string of the molecule is CCOC(=O)C1CCC(CNCc2ccc(OC)cc2)CC1. The van der Waals surface area contributed by atoms with Crippen LogP contribution in [0.25, 0.3) is 0 Å². The molecule has 1 aliphatic carbocycles. The van der Waals surface area contributed by atoms with E-state index < -0.39 is 0 Å². The lowest BCUT2D eigenvalue weighted by Crippen LogP contribution is -2.29. The second kappa shape index (κ2) is 8.79. The van der Waals surface area contributed by atoms with E-state index in [0.29, 0.717) is 12.5 Å². The minimum absolute atomic E-state index is 0.00728. The van der Waals surface area contributed by atoms with Crippen LogP contribution in [0.3, 0.4) is 0 Å². The molecule has 0 aromatic heterocycles. The summed E-state index contributed by atoms with van der Waals surface area (Å²) in [5, 5.41) is 3.52. The van der Waals surface area contributed by atoms with Crippen LogP contribution >= 0.6 is 0 Å². The second-order valence-electron chi connectivity index (χ2n) is 5.95. The van der Waals surface area contributed by atoms with Crippen LogP contribution in [0, 0.1) is 11.8 Å². The highest BCUT2D eigenvalue weighted by Gasteiger charge is 2.26. The number of carbonyl (C=O) groups excluding carboxylic acids is 1. The summed E-state index contributed by atoms with van der Waals surface area (Å²) in [6.45, 7) is 4.25. The lowest BCUT2D eigenvalue weighted by atomic mass is 9.82. The van der Waals surface area contributed by atoms with Gasteiger partial charge in [-0.25, -0.2) is 0 Å². The zero-order valence-electron chi connectivity index (χ0n) is 13.6. The Bertz CT molecular complexity index is 450. The monoisotopic (exact) mass is 305 g/mol. The largest absolute Gasteiger partial charge is 0.497 e. The first-order chi connectivity index (χ1) is 10.7. The molecule has 1 aliphatic rings. The van der Waals surface area contributed by atoms with Gasteiger partial charge in [-0.1, -0.05) is 12.1 Å². The van der Waals surface area contributed by atoms with Gasteiger partial charge in [-0.2, -0.15) is 0 Å². The molecule has 2 rings (SSSR count). The van der Waals surface area contributed by atoms with Gasteiger partial charge in [-0.3, -0.25) is 4.79 Å². The summed E-state index contributed by atoms with van der Waals surface area (Å²) < 4.78 is 10.3. The summed E-state index contributed by atoms with van der Waals surface area (Å²) in [6, 6.07) is 8.15. The van der Waals surface area contributed by atoms with Gasteiger partial charge in [-0.05, 0) is 62.8 Å². The maximum absolute atomic E-state index is 11.7. The van der Waals surface area contributed by atoms with Gasteiger partial charge >= 0.3 is 5.97 Å². The maximum atomic E-state index is 11.7. The molecular weight excluding hydrogens is 278 g/mol. The summed E-state index contributed by atoms with van der Waals surface area (Å²) in [4.78, 5) is 11.7. The molecule has 0 amide bonds. The van der Waals surface area contributed by atoms with Crippen molar-refractivity contribution in [2.45, 2.75) is 39.2 Å². The average molecular weight is 305 g/mol. The number of ether oxygens (including phenoxy) is 2. The second-order valence-corrected chi connectivity index (χ2v) is 5.95. The molecule has 0 aliphatic heterocycles. The Labute approximate surface area is 133 Å². The summed E-state index contributed by atoms with van der Waals surface area (Å²) in [7, 11) is 1.68. The first-order valence-electron chi connectivity index (χ1n) is 8.23. The van der Waals surface area contributed by atoms with E-state index in [4.69, 9.17) is 9.47 Å². The first kappa shape index (κ1) is 16.8. The van der Waals surface area contributed by atoms with Crippen molar-refractivity contribution in [3.63, 3.8) is 0 Å². The molecule has 122 valence electrons. The number of rotatable bonds is 7. The van der Waals surface area contributed by atoms with Crippen molar-refractivity contribution in [3.8, 4) is 5.75 Å². The van der Waals surface area contributed by atoms with E-state index in [0.717, 1.165) is 44.5 Å². The van der Waals surface area contributed by atoms with Crippen LogP contribution in [0.5, 0.6) is 5.75 Å². The molecular formula is C18H27NO3. The molecule has 0 atom stereocenters. The summed E-state index contributed by atoms with van der Waals surface area (Å²) >= 11 is 0. The van der Waals surface area contributed by atoms with Crippen LogP contribution in [-0.4, -0.2) is 26.2 Å². The van der Waals surface area contributed by atoms with Gasteiger partial charge in [0.25, 0.3) is 0 Å². The van der Waals surface area contributed by atoms with Crippen molar-refractivity contribution in [1.82, 2.24) is 5.32 Å². The fraction of sp³-hybridized carbons (Fsp3) is 0.611. The number of nitrogens with one attached hydrogen (secondary N) is 1. The third kappa shape index (κ3) is 5.02. The van der Waals surface area contributed by atoms with E-state index in [1.165, 1.54) is 5.56 Å². The van der Waals surface area contributed by atoms with Crippen LogP contribution in [0.1, 0.15) is 38.2 Å². The van der Waals surface area contributed by atoms with Crippen molar-refractivity contribution in [1.29, 1.82) is 0 Å². The number of carbonyl (C=O) groups is 1. The number of esters is 1. The van der Waals surface area contributed by atoms with E-state index in [1.54, 1.807) is 7.11 Å². The highest BCUT2D eigenvalue weighted by atomic mass is 16.5. The standard InChI is InChI=1S/C18H27NO3/c1-3-22-18(20)16-8-4-14(5-9-16)12-19-13-15-6-10-17(21-2)11-7-15/h6-7,10-11,14,16,19H,3-5,8-9,12-13H2,1-2H3. The molecule has 1 N–H and O–H groups in total. The lowest BCUT2D eigenvalue weighted by molar-refractivity contribution is -0.149. The summed E-state index contributed by atoms with van der Waals surface area (Å²) in [5.41, 5.74) is 1.26. The molecule has 0 radical (unpaired) electrons. The molecule has 0 spiro atoms. The highest BCUT2D eigenvalue weighted by molar-refractivity contribution is 5.72. The Morgan fingerprint density at radius 1 is 1.18 bits per heavy atom. The Morgan fingerprint density at radius 2 is 1.86 bits per heavy atom. The van der Waals surface area contributed by atoms with Gasteiger partial charge in [0.2, 0.25) is 0 Å². The molecule has 4 nitrogen and oxygen atoms in total. The Kier molecular flexibility index (Phi) is 6.72.